The van der Waals surface area contributed by atoms with E-state index in [1.807, 2.05) is 0 Å². The maximum absolute atomic E-state index is 13.4. The summed E-state index contributed by atoms with van der Waals surface area (Å²) < 4.78 is 0. The lowest BCUT2D eigenvalue weighted by Crippen LogP contribution is -2.60. The van der Waals surface area contributed by atoms with Gasteiger partial charge in [-0.1, -0.05) is 71.9 Å². The van der Waals surface area contributed by atoms with E-state index in [2.05, 4.69) is 37.2 Å². The Morgan fingerprint density at radius 3 is 1.68 bits per heavy atom. The lowest BCUT2D eigenvalue weighted by atomic mass is 9.98. The summed E-state index contributed by atoms with van der Waals surface area (Å²) in [5, 5.41) is 26.0. The molecule has 1 aromatic rings. The van der Waals surface area contributed by atoms with Crippen LogP contribution in [0.15, 0.2) is 42.5 Å². The first-order valence-electron chi connectivity index (χ1n) is 18.2. The Morgan fingerprint density at radius 2 is 1.16 bits per heavy atom. The molecular formula is C37H55N9O11. The van der Waals surface area contributed by atoms with Gasteiger partial charge < -0.3 is 53.8 Å². The molecule has 0 aliphatic carbocycles. The van der Waals surface area contributed by atoms with Gasteiger partial charge in [0.1, 0.15) is 30.2 Å². The number of hydrogen-bond acceptors (Lipinski definition) is 10. The first-order chi connectivity index (χ1) is 26.6. The van der Waals surface area contributed by atoms with Crippen molar-refractivity contribution in [1.29, 1.82) is 0 Å². The van der Waals surface area contributed by atoms with Crippen LogP contribution < -0.4 is 48.7 Å². The van der Waals surface area contributed by atoms with Crippen molar-refractivity contribution < 1.29 is 53.1 Å². The number of carbonyl (C=O) groups excluding carboxylic acids is 9. The zero-order valence-corrected chi connectivity index (χ0v) is 32.9. The van der Waals surface area contributed by atoms with E-state index >= 15 is 0 Å². The molecule has 0 heterocycles. The highest BCUT2D eigenvalue weighted by Gasteiger charge is 2.33. The first-order valence-corrected chi connectivity index (χ1v) is 18.2. The second-order valence-electron chi connectivity index (χ2n) is 14.3. The number of aliphatic carboxylic acids is 1. The standard InChI is InChI=1S/C37H55N9O11/c1-19(2)14-23(35(54)46-32(21(5)6)36(55)45-31(20(3)4)33(39)52)44-34(53)24(16-26(38)47)42-28(49)13-12-27(48)40-17-29(50)41-18-30(51)43-25(37(56)57)15-22-10-8-7-9-11-22/h7-13,19-21,23-25,31-32H,14-18H2,1-6H3,(H2,38,47)(H2,39,52)(H,40,48)(H,41,50)(H,42,49)(H,43,51)(H,44,53)(H,45,55)(H,46,54)(H,56,57). The third kappa shape index (κ3) is 19.2. The number of nitrogens with one attached hydrogen (secondary N) is 7. The van der Waals surface area contributed by atoms with Gasteiger partial charge >= 0.3 is 5.97 Å². The van der Waals surface area contributed by atoms with Crippen molar-refractivity contribution in [1.82, 2.24) is 37.2 Å². The summed E-state index contributed by atoms with van der Waals surface area (Å²) in [6, 6.07) is 2.35. The van der Waals surface area contributed by atoms with Gasteiger partial charge in [0, 0.05) is 18.6 Å². The van der Waals surface area contributed by atoms with E-state index in [1.54, 1.807) is 71.9 Å². The minimum absolute atomic E-state index is 0.0105. The molecule has 1 aromatic carbocycles. The van der Waals surface area contributed by atoms with E-state index in [4.69, 9.17) is 11.5 Å². The van der Waals surface area contributed by atoms with E-state index < -0.39 is 115 Å². The molecule has 20 nitrogen and oxygen atoms in total. The number of nitrogens with two attached hydrogens (primary N) is 2. The first kappa shape index (κ1) is 48.7. The van der Waals surface area contributed by atoms with Crippen LogP contribution in [-0.2, 0) is 54.4 Å². The van der Waals surface area contributed by atoms with Crippen LogP contribution in [0.4, 0.5) is 0 Å². The van der Waals surface area contributed by atoms with Gasteiger partial charge in [0.25, 0.3) is 0 Å². The van der Waals surface area contributed by atoms with Gasteiger partial charge in [-0.15, -0.1) is 0 Å². The Balaban J connectivity index is 2.83. The van der Waals surface area contributed by atoms with Crippen LogP contribution in [0.25, 0.3) is 0 Å². The highest BCUT2D eigenvalue weighted by atomic mass is 16.4. The number of amides is 9. The lowest BCUT2D eigenvalue weighted by Gasteiger charge is -2.29. The zero-order chi connectivity index (χ0) is 43.4. The molecule has 0 spiro atoms. The van der Waals surface area contributed by atoms with Crippen LogP contribution in [0.5, 0.6) is 0 Å². The molecule has 12 N–H and O–H groups in total. The quantitative estimate of drug-likeness (QED) is 0.0478. The monoisotopic (exact) mass is 801 g/mol. The molecular weight excluding hydrogens is 746 g/mol. The molecule has 0 aliphatic heterocycles. The van der Waals surface area contributed by atoms with Crippen molar-refractivity contribution in [3.05, 3.63) is 48.0 Å². The summed E-state index contributed by atoms with van der Waals surface area (Å²) in [6.07, 6.45) is 0.829. The molecule has 314 valence electrons. The van der Waals surface area contributed by atoms with Crippen LogP contribution >= 0.6 is 0 Å². The van der Waals surface area contributed by atoms with E-state index in [9.17, 15) is 53.1 Å². The predicted molar refractivity (Wildman–Crippen MR) is 205 cm³/mol. The van der Waals surface area contributed by atoms with E-state index in [0.29, 0.717) is 11.6 Å². The van der Waals surface area contributed by atoms with Crippen molar-refractivity contribution in [3.8, 4) is 0 Å². The van der Waals surface area contributed by atoms with Gasteiger partial charge in [0.2, 0.25) is 53.2 Å². The maximum Gasteiger partial charge on any atom is 0.326 e. The van der Waals surface area contributed by atoms with E-state index in [-0.39, 0.29) is 24.7 Å². The molecule has 0 fully saturated rings. The lowest BCUT2D eigenvalue weighted by molar-refractivity contribution is -0.141. The minimum Gasteiger partial charge on any atom is -0.480 e. The molecule has 0 radical (unpaired) electrons. The summed E-state index contributed by atoms with van der Waals surface area (Å²) in [7, 11) is 0. The van der Waals surface area contributed by atoms with Crippen molar-refractivity contribution >= 4 is 59.1 Å². The number of hydrogen-bond donors (Lipinski definition) is 10. The van der Waals surface area contributed by atoms with E-state index in [1.165, 1.54) is 0 Å². The van der Waals surface area contributed by atoms with Gasteiger partial charge in [0.05, 0.1) is 19.5 Å². The fourth-order valence-electron chi connectivity index (χ4n) is 5.12. The summed E-state index contributed by atoms with van der Waals surface area (Å²) in [6.45, 7) is 9.00. The van der Waals surface area contributed by atoms with Gasteiger partial charge in [-0.3, -0.25) is 43.2 Å². The van der Waals surface area contributed by atoms with Crippen LogP contribution in [0.1, 0.15) is 59.9 Å². The van der Waals surface area contributed by atoms with Gasteiger partial charge in [-0.05, 0) is 29.7 Å². The molecule has 57 heavy (non-hydrogen) atoms. The summed E-state index contributed by atoms with van der Waals surface area (Å²) in [5.74, 6) is -9.93. The van der Waals surface area contributed by atoms with Crippen LogP contribution in [0.2, 0.25) is 0 Å². The highest BCUT2D eigenvalue weighted by Crippen LogP contribution is 2.10. The van der Waals surface area contributed by atoms with Gasteiger partial charge in [-0.2, -0.15) is 0 Å². The molecule has 0 aliphatic rings. The number of primary amides is 2. The van der Waals surface area contributed by atoms with Crippen molar-refractivity contribution in [2.45, 2.75) is 91.0 Å². The van der Waals surface area contributed by atoms with Crippen LogP contribution in [0.3, 0.4) is 0 Å². The number of benzene rings is 1. The minimum atomic E-state index is -1.60. The summed E-state index contributed by atoms with van der Waals surface area (Å²) in [5.41, 5.74) is 11.4. The Kier molecular flexibility index (Phi) is 20.7. The average Bonchev–Trinajstić information content (AvgIpc) is 3.11. The maximum atomic E-state index is 13.4. The van der Waals surface area contributed by atoms with Gasteiger partial charge in [-0.25, -0.2) is 4.79 Å². The number of carboxylic acids is 1. The normalized spacial score (nSPS) is 13.7. The molecule has 5 unspecified atom stereocenters. The fraction of sp³-hybridized carbons (Fsp3) is 0.514. The number of rotatable bonds is 24. The van der Waals surface area contributed by atoms with Crippen LogP contribution in [0, 0.1) is 17.8 Å². The molecule has 5 atom stereocenters. The molecule has 0 aromatic heterocycles. The zero-order valence-electron chi connectivity index (χ0n) is 32.9. The SMILES string of the molecule is CC(C)CC(NC(=O)C(CC(N)=O)NC(=O)C=CC(=O)NCC(=O)NCC(=O)NC(Cc1ccccc1)C(=O)O)C(=O)NC(C(=O)NC(C(N)=O)C(C)C)C(C)C. The Hall–Kier alpha value is -6.34. The largest absolute Gasteiger partial charge is 0.480 e. The second-order valence-corrected chi connectivity index (χ2v) is 14.3. The summed E-state index contributed by atoms with van der Waals surface area (Å²) in [4.78, 5) is 124. The molecule has 0 bridgehead atoms. The Morgan fingerprint density at radius 1 is 0.614 bits per heavy atom. The molecule has 20 heteroatoms. The van der Waals surface area contributed by atoms with E-state index in [0.717, 1.165) is 6.08 Å². The molecule has 1 rings (SSSR count). The van der Waals surface area contributed by atoms with Crippen molar-refractivity contribution in [2.75, 3.05) is 13.1 Å². The Bertz CT molecular complexity index is 1650. The second kappa shape index (κ2) is 24.2. The number of carboxylic acid groups (broad SMARTS) is 1. The molecule has 0 saturated heterocycles. The summed E-state index contributed by atoms with van der Waals surface area (Å²) >= 11 is 0. The van der Waals surface area contributed by atoms with Crippen molar-refractivity contribution in [3.63, 3.8) is 0 Å². The Labute approximate surface area is 330 Å². The average molecular weight is 802 g/mol. The molecule has 0 saturated carbocycles. The fourth-order valence-corrected chi connectivity index (χ4v) is 5.12. The van der Waals surface area contributed by atoms with Crippen LogP contribution in [-0.4, -0.2) is 108 Å². The third-order valence-corrected chi connectivity index (χ3v) is 8.07. The van der Waals surface area contributed by atoms with Gasteiger partial charge in [0.15, 0.2) is 0 Å². The van der Waals surface area contributed by atoms with Crippen molar-refractivity contribution in [2.24, 2.45) is 29.2 Å². The smallest absolute Gasteiger partial charge is 0.326 e. The molecule has 9 amide bonds. The third-order valence-electron chi connectivity index (χ3n) is 8.07. The number of carbonyl (C=O) groups is 10. The highest BCUT2D eigenvalue weighted by molar-refractivity contribution is 6.01. The topological polar surface area (TPSA) is 327 Å². The predicted octanol–water partition coefficient (Wildman–Crippen LogP) is -2.75.